The first-order valence-corrected chi connectivity index (χ1v) is 12.1. The molecule has 1 aromatic heterocycles. The molecule has 1 heterocycles. The molecule has 3 N–H and O–H groups in total. The number of carbonyl (C=O) groups excluding carboxylic acids is 1. The number of hydrogen-bond donors (Lipinski definition) is 3. The van der Waals surface area contributed by atoms with E-state index in [0.29, 0.717) is 25.0 Å². The highest BCUT2D eigenvalue weighted by molar-refractivity contribution is 6.43. The average molecular weight is 485 g/mol. The Kier molecular flexibility index (Phi) is 10.0. The molecule has 2 atom stereocenters. The van der Waals surface area contributed by atoms with Gasteiger partial charge in [-0.2, -0.15) is 5.26 Å². The van der Waals surface area contributed by atoms with E-state index in [4.69, 9.17) is 4.74 Å². The van der Waals surface area contributed by atoms with E-state index in [2.05, 4.69) is 16.4 Å². The van der Waals surface area contributed by atoms with E-state index in [-0.39, 0.29) is 24.9 Å². The van der Waals surface area contributed by atoms with Crippen LogP contribution in [0.2, 0.25) is 0 Å². The molecular weight excluding hydrogens is 453 g/mol. The minimum Gasteiger partial charge on any atom is -0.493 e. The second-order valence-corrected chi connectivity index (χ2v) is 8.94. The van der Waals surface area contributed by atoms with Gasteiger partial charge >= 0.3 is 7.12 Å². The van der Waals surface area contributed by atoms with Crippen molar-refractivity contribution in [1.29, 1.82) is 5.26 Å². The van der Waals surface area contributed by atoms with Gasteiger partial charge in [0.1, 0.15) is 5.75 Å². The first-order chi connectivity index (χ1) is 17.4. The van der Waals surface area contributed by atoms with Gasteiger partial charge in [-0.3, -0.25) is 9.78 Å². The molecule has 0 aliphatic carbocycles. The third kappa shape index (κ3) is 8.23. The van der Waals surface area contributed by atoms with Crippen LogP contribution in [0.1, 0.15) is 46.7 Å². The lowest BCUT2D eigenvalue weighted by Gasteiger charge is -2.19. The molecule has 7 nitrogen and oxygen atoms in total. The second kappa shape index (κ2) is 13.4. The molecule has 2 aromatic carbocycles. The molecule has 36 heavy (non-hydrogen) atoms. The van der Waals surface area contributed by atoms with Crippen molar-refractivity contribution in [2.24, 2.45) is 0 Å². The summed E-state index contributed by atoms with van der Waals surface area (Å²) in [7, 11) is -1.67. The molecule has 0 saturated heterocycles. The number of nitrogens with one attached hydrogen (secondary N) is 1. The third-order valence-corrected chi connectivity index (χ3v) is 6.06. The highest BCUT2D eigenvalue weighted by Crippen LogP contribution is 2.21. The van der Waals surface area contributed by atoms with Gasteiger partial charge in [-0.25, -0.2) is 0 Å². The molecule has 3 rings (SSSR count). The number of pyridine rings is 1. The number of ether oxygens (including phenoxy) is 1. The molecule has 0 radical (unpaired) electrons. The number of benzene rings is 2. The van der Waals surface area contributed by atoms with Gasteiger partial charge in [0.25, 0.3) is 0 Å². The van der Waals surface area contributed by atoms with Crippen LogP contribution in [0.3, 0.4) is 0 Å². The number of nitriles is 1. The normalized spacial score (nSPS) is 12.3. The maximum Gasteiger partial charge on any atom is 0.475 e. The van der Waals surface area contributed by atoms with Gasteiger partial charge in [-0.05, 0) is 74.1 Å². The SMILES string of the molecule is Cc1ccc(C[C@H](NC(=O)CCOc2cccc(CCC(C#N)c3ccccn3)c2)B(O)O)c(C)c1. The Bertz CT molecular complexity index is 1180. The van der Waals surface area contributed by atoms with Crippen molar-refractivity contribution < 1.29 is 19.6 Å². The van der Waals surface area contributed by atoms with E-state index in [1.165, 1.54) is 0 Å². The first kappa shape index (κ1) is 26.9. The van der Waals surface area contributed by atoms with Crippen LogP contribution in [-0.2, 0) is 17.6 Å². The van der Waals surface area contributed by atoms with E-state index >= 15 is 0 Å². The van der Waals surface area contributed by atoms with Crippen LogP contribution in [-0.4, -0.2) is 40.6 Å². The topological polar surface area (TPSA) is 115 Å². The predicted octanol–water partition coefficient (Wildman–Crippen LogP) is 3.45. The van der Waals surface area contributed by atoms with Crippen molar-refractivity contribution in [1.82, 2.24) is 10.3 Å². The lowest BCUT2D eigenvalue weighted by Crippen LogP contribution is -2.48. The minimum atomic E-state index is -1.67. The number of hydrogen-bond acceptors (Lipinski definition) is 6. The zero-order valence-corrected chi connectivity index (χ0v) is 20.7. The Hall–Kier alpha value is -3.67. The minimum absolute atomic E-state index is 0.0799. The Morgan fingerprint density at radius 1 is 1.14 bits per heavy atom. The zero-order valence-electron chi connectivity index (χ0n) is 20.7. The van der Waals surface area contributed by atoms with Gasteiger partial charge in [-0.15, -0.1) is 0 Å². The highest BCUT2D eigenvalue weighted by Gasteiger charge is 2.26. The predicted molar refractivity (Wildman–Crippen MR) is 139 cm³/mol. The fraction of sp³-hybridized carbons (Fsp3) is 0.321. The lowest BCUT2D eigenvalue weighted by atomic mass is 9.75. The monoisotopic (exact) mass is 485 g/mol. The molecule has 0 aliphatic heterocycles. The summed E-state index contributed by atoms with van der Waals surface area (Å²) in [5, 5.41) is 31.7. The summed E-state index contributed by atoms with van der Waals surface area (Å²) in [5.74, 6) is -0.769. The number of aryl methyl sites for hydroxylation is 3. The number of nitrogens with zero attached hydrogens (tertiary/aromatic N) is 2. The average Bonchev–Trinajstić information content (AvgIpc) is 2.86. The van der Waals surface area contributed by atoms with Gasteiger partial charge in [0.2, 0.25) is 5.91 Å². The van der Waals surface area contributed by atoms with Crippen LogP contribution in [0.15, 0.2) is 66.9 Å². The largest absolute Gasteiger partial charge is 0.493 e. The summed E-state index contributed by atoms with van der Waals surface area (Å²) >= 11 is 0. The van der Waals surface area contributed by atoms with Crippen molar-refractivity contribution >= 4 is 13.0 Å². The second-order valence-electron chi connectivity index (χ2n) is 8.94. The van der Waals surface area contributed by atoms with Gasteiger partial charge < -0.3 is 20.1 Å². The lowest BCUT2D eigenvalue weighted by molar-refractivity contribution is -0.122. The fourth-order valence-corrected chi connectivity index (χ4v) is 4.05. The molecule has 0 spiro atoms. The molecule has 0 fully saturated rings. The maximum atomic E-state index is 12.4. The van der Waals surface area contributed by atoms with E-state index in [0.717, 1.165) is 27.9 Å². The van der Waals surface area contributed by atoms with Crippen LogP contribution < -0.4 is 10.1 Å². The van der Waals surface area contributed by atoms with Crippen molar-refractivity contribution in [3.8, 4) is 11.8 Å². The summed E-state index contributed by atoms with van der Waals surface area (Å²) in [6.07, 6.45) is 3.43. The van der Waals surface area contributed by atoms with Crippen LogP contribution in [0, 0.1) is 25.2 Å². The Labute approximate surface area is 212 Å². The van der Waals surface area contributed by atoms with Crippen molar-refractivity contribution in [3.63, 3.8) is 0 Å². The molecule has 1 amide bonds. The summed E-state index contributed by atoms with van der Waals surface area (Å²) in [6.45, 7) is 4.12. The quantitative estimate of drug-likeness (QED) is 0.339. The van der Waals surface area contributed by atoms with Crippen LogP contribution >= 0.6 is 0 Å². The third-order valence-electron chi connectivity index (χ3n) is 6.06. The molecule has 0 bridgehead atoms. The smallest absolute Gasteiger partial charge is 0.475 e. The number of rotatable bonds is 12. The molecule has 0 aliphatic rings. The van der Waals surface area contributed by atoms with Gasteiger partial charge in [0.05, 0.1) is 36.6 Å². The van der Waals surface area contributed by atoms with Crippen molar-refractivity contribution in [2.75, 3.05) is 6.61 Å². The van der Waals surface area contributed by atoms with Gasteiger partial charge in [-0.1, -0.05) is 42.0 Å². The molecular formula is C28H32BN3O4. The number of aromatic nitrogens is 1. The summed E-state index contributed by atoms with van der Waals surface area (Å²) in [4.78, 5) is 16.7. The summed E-state index contributed by atoms with van der Waals surface area (Å²) < 4.78 is 5.76. The van der Waals surface area contributed by atoms with Crippen molar-refractivity contribution in [3.05, 3.63) is 94.8 Å². The van der Waals surface area contributed by atoms with E-state index in [1.807, 2.05) is 74.5 Å². The molecule has 8 heteroatoms. The molecule has 3 aromatic rings. The van der Waals surface area contributed by atoms with E-state index < -0.39 is 13.1 Å². The standard InChI is InChI=1S/C28H32BN3O4/c1-20-9-11-23(21(2)16-20)18-27(29(34)35)32-28(33)13-15-36-25-7-5-6-22(17-25)10-12-24(19-30)26-8-3-4-14-31-26/h3-9,11,14,16-17,24,27,34-35H,10,12-13,15,18H2,1-2H3,(H,32,33)/t24?,27-/m0/s1. The molecule has 186 valence electrons. The molecule has 1 unspecified atom stereocenters. The van der Waals surface area contributed by atoms with Crippen molar-refractivity contribution in [2.45, 2.75) is 51.4 Å². The van der Waals surface area contributed by atoms with Gasteiger partial charge in [0.15, 0.2) is 0 Å². The zero-order chi connectivity index (χ0) is 25.9. The van der Waals surface area contributed by atoms with E-state index in [1.54, 1.807) is 6.20 Å². The highest BCUT2D eigenvalue weighted by atomic mass is 16.5. The van der Waals surface area contributed by atoms with E-state index in [9.17, 15) is 20.1 Å². The Morgan fingerprint density at radius 2 is 1.97 bits per heavy atom. The van der Waals surface area contributed by atoms with Gasteiger partial charge in [0, 0.05) is 6.20 Å². The van der Waals surface area contributed by atoms with Crippen LogP contribution in [0.25, 0.3) is 0 Å². The Balaban J connectivity index is 1.48. The van der Waals surface area contributed by atoms with Crippen LogP contribution in [0.4, 0.5) is 0 Å². The van der Waals surface area contributed by atoms with Crippen LogP contribution in [0.5, 0.6) is 5.75 Å². The Morgan fingerprint density at radius 3 is 2.67 bits per heavy atom. The maximum absolute atomic E-state index is 12.4. The number of amides is 1. The fourth-order valence-electron chi connectivity index (χ4n) is 4.05. The summed E-state index contributed by atoms with van der Waals surface area (Å²) in [6, 6.07) is 21.4. The first-order valence-electron chi connectivity index (χ1n) is 12.1. The number of carbonyl (C=O) groups is 1. The molecule has 0 saturated carbocycles. The summed E-state index contributed by atoms with van der Waals surface area (Å²) in [5.41, 5.74) is 4.92.